The van der Waals surface area contributed by atoms with E-state index in [1.165, 1.54) is 45.9 Å². The highest BCUT2D eigenvalue weighted by Gasteiger charge is 2.29. The van der Waals surface area contributed by atoms with Crippen molar-refractivity contribution in [1.82, 2.24) is 0 Å². The molecule has 2 atom stereocenters. The molecule has 4 rings (SSSR count). The lowest BCUT2D eigenvalue weighted by molar-refractivity contribution is 1.15. The molecular formula is C30H40P2Si2. The third-order valence-electron chi connectivity index (χ3n) is 7.19. The van der Waals surface area contributed by atoms with Crippen LogP contribution in [0.3, 0.4) is 0 Å². The normalized spacial score (nSPS) is 13.4. The zero-order valence-electron chi connectivity index (χ0n) is 21.8. The van der Waals surface area contributed by atoms with Crippen LogP contribution in [0.25, 0.3) is 10.6 Å². The van der Waals surface area contributed by atoms with E-state index in [-0.39, 0.29) is 15.1 Å². The molecule has 2 unspecified atom stereocenters. The summed E-state index contributed by atoms with van der Waals surface area (Å²) >= 11 is 0. The molecule has 2 heterocycles. The second-order valence-corrected chi connectivity index (χ2v) is 25.7. The SMILES string of the molecule is Cc1cp(-c2ccccc2)cc1C[Si](C)(C)CC[Si](C)(C)Cc1cp(-c2ccccc2)cc1C. The average Bonchev–Trinajstić information content (AvgIpc) is 3.35. The molecule has 178 valence electrons. The zero-order chi connectivity index (χ0) is 24.3. The molecule has 2 aromatic heterocycles. The summed E-state index contributed by atoms with van der Waals surface area (Å²) in [5.41, 5.74) is 6.38. The first kappa shape index (κ1) is 25.5. The molecule has 0 saturated carbocycles. The zero-order valence-corrected chi connectivity index (χ0v) is 25.6. The minimum Gasteiger partial charge on any atom is -0.0929 e. The van der Waals surface area contributed by atoms with Crippen LogP contribution in [0, 0.1) is 13.8 Å². The van der Waals surface area contributed by atoms with Crippen LogP contribution in [0.5, 0.6) is 0 Å². The van der Waals surface area contributed by atoms with Gasteiger partial charge in [-0.15, -0.1) is 0 Å². The summed E-state index contributed by atoms with van der Waals surface area (Å²) in [6, 6.07) is 27.7. The minimum absolute atomic E-state index is 0.247. The van der Waals surface area contributed by atoms with E-state index in [0.717, 1.165) is 0 Å². The third kappa shape index (κ3) is 6.55. The summed E-state index contributed by atoms with van der Waals surface area (Å²) in [4.78, 5) is 0. The highest BCUT2D eigenvalue weighted by Crippen LogP contribution is 2.44. The van der Waals surface area contributed by atoms with Gasteiger partial charge in [-0.05, 0) is 82.0 Å². The molecule has 0 spiro atoms. The van der Waals surface area contributed by atoms with Crippen molar-refractivity contribution in [3.05, 3.63) is 106 Å². The molecule has 0 amide bonds. The summed E-state index contributed by atoms with van der Waals surface area (Å²) in [5, 5.41) is 2.98. The molecule has 0 fully saturated rings. The summed E-state index contributed by atoms with van der Waals surface area (Å²) < 4.78 is 0. The van der Waals surface area contributed by atoms with Crippen molar-refractivity contribution in [2.75, 3.05) is 0 Å². The molecule has 0 N–H and O–H groups in total. The van der Waals surface area contributed by atoms with Crippen molar-refractivity contribution in [2.45, 2.75) is 64.2 Å². The first-order chi connectivity index (χ1) is 16.1. The summed E-state index contributed by atoms with van der Waals surface area (Å²) in [6.07, 6.45) is 0. The predicted octanol–water partition coefficient (Wildman–Crippen LogP) is 10.5. The smallest absolute Gasteiger partial charge is 0.0515 e. The van der Waals surface area contributed by atoms with Gasteiger partial charge < -0.3 is 0 Å². The highest BCUT2D eigenvalue weighted by atomic mass is 31.1. The van der Waals surface area contributed by atoms with Crippen LogP contribution in [0.15, 0.2) is 83.9 Å². The van der Waals surface area contributed by atoms with Crippen LogP contribution in [0.1, 0.15) is 22.3 Å². The Kier molecular flexibility index (Phi) is 7.95. The van der Waals surface area contributed by atoms with Gasteiger partial charge in [0.05, 0.1) is 16.1 Å². The topological polar surface area (TPSA) is 0 Å². The Balaban J connectivity index is 1.39. The molecular weight excluding hydrogens is 478 g/mol. The standard InChI is InChI=1S/C30H40P2Si2/c1-25-19-31(29-13-9-7-10-14-29)21-27(25)23-33(3,4)17-18-34(5,6)24-28-22-32(20-26(28)2)30-15-11-8-12-16-30/h7-16,19-22H,17-18,23-24H2,1-6H3. The number of aryl methyl sites for hydroxylation is 2. The number of hydrogen-bond acceptors (Lipinski definition) is 0. The molecule has 0 nitrogen and oxygen atoms in total. The van der Waals surface area contributed by atoms with Gasteiger partial charge in [0.2, 0.25) is 0 Å². The monoisotopic (exact) mass is 518 g/mol. The van der Waals surface area contributed by atoms with Crippen molar-refractivity contribution >= 4 is 31.2 Å². The van der Waals surface area contributed by atoms with Gasteiger partial charge in [0.1, 0.15) is 0 Å². The molecule has 0 aliphatic rings. The van der Waals surface area contributed by atoms with Crippen LogP contribution >= 0.6 is 15.1 Å². The highest BCUT2D eigenvalue weighted by molar-refractivity contribution is 7.56. The Morgan fingerprint density at radius 2 is 0.882 bits per heavy atom. The maximum Gasteiger partial charge on any atom is 0.0515 e. The van der Waals surface area contributed by atoms with Crippen LogP contribution in [0.4, 0.5) is 0 Å². The number of benzene rings is 2. The Morgan fingerprint density at radius 3 is 1.24 bits per heavy atom. The number of rotatable bonds is 9. The third-order valence-corrected chi connectivity index (χ3v) is 17.9. The fourth-order valence-electron chi connectivity index (χ4n) is 4.95. The Morgan fingerprint density at radius 1 is 0.529 bits per heavy atom. The lowest BCUT2D eigenvalue weighted by Gasteiger charge is -2.29. The van der Waals surface area contributed by atoms with E-state index in [2.05, 4.69) is 124 Å². The quantitative estimate of drug-likeness (QED) is 0.193. The van der Waals surface area contributed by atoms with E-state index in [4.69, 9.17) is 0 Å². The van der Waals surface area contributed by atoms with Crippen molar-refractivity contribution in [2.24, 2.45) is 0 Å². The van der Waals surface area contributed by atoms with Crippen LogP contribution in [-0.4, -0.2) is 16.1 Å². The molecule has 0 radical (unpaired) electrons. The van der Waals surface area contributed by atoms with Gasteiger partial charge in [-0.1, -0.05) is 114 Å². The molecule has 0 aliphatic heterocycles. The van der Waals surface area contributed by atoms with Crippen LogP contribution in [0.2, 0.25) is 38.3 Å². The van der Waals surface area contributed by atoms with Crippen LogP contribution < -0.4 is 0 Å². The van der Waals surface area contributed by atoms with Gasteiger partial charge in [0.25, 0.3) is 0 Å². The van der Waals surface area contributed by atoms with Crippen LogP contribution in [-0.2, 0) is 12.1 Å². The Hall–Kier alpha value is -1.57. The van der Waals surface area contributed by atoms with E-state index in [1.54, 1.807) is 11.1 Å². The van der Waals surface area contributed by atoms with Gasteiger partial charge in [0.15, 0.2) is 0 Å². The molecule has 0 saturated heterocycles. The van der Waals surface area contributed by atoms with Gasteiger partial charge in [-0.25, -0.2) is 0 Å². The summed E-state index contributed by atoms with van der Waals surface area (Å²) in [5.74, 6) is 10.3. The Bertz CT molecular complexity index is 1120. The van der Waals surface area contributed by atoms with Crippen molar-refractivity contribution in [3.63, 3.8) is 0 Å². The van der Waals surface area contributed by atoms with E-state index in [9.17, 15) is 0 Å². The predicted molar refractivity (Wildman–Crippen MR) is 162 cm³/mol. The molecule has 0 aliphatic carbocycles. The largest absolute Gasteiger partial charge is 0.0929 e. The van der Waals surface area contributed by atoms with Gasteiger partial charge >= 0.3 is 0 Å². The first-order valence-corrected chi connectivity index (χ1v) is 22.4. The molecule has 4 heteroatoms. The van der Waals surface area contributed by atoms with Gasteiger partial charge in [-0.2, -0.15) is 0 Å². The second-order valence-electron chi connectivity index (χ2n) is 11.6. The lowest BCUT2D eigenvalue weighted by Crippen LogP contribution is -2.36. The molecule has 34 heavy (non-hydrogen) atoms. The van der Waals surface area contributed by atoms with E-state index in [0.29, 0.717) is 0 Å². The van der Waals surface area contributed by atoms with E-state index >= 15 is 0 Å². The lowest BCUT2D eigenvalue weighted by atomic mass is 10.2. The maximum atomic E-state index is 2.63. The van der Waals surface area contributed by atoms with Crippen molar-refractivity contribution < 1.29 is 0 Å². The molecule has 2 aromatic carbocycles. The average molecular weight is 519 g/mol. The van der Waals surface area contributed by atoms with E-state index < -0.39 is 16.1 Å². The Labute approximate surface area is 211 Å². The van der Waals surface area contributed by atoms with Gasteiger partial charge in [0, 0.05) is 0 Å². The molecule has 4 aromatic rings. The fraction of sp³-hybridized carbons (Fsp3) is 0.333. The summed E-state index contributed by atoms with van der Waals surface area (Å²) in [6.45, 7) is 15.2. The van der Waals surface area contributed by atoms with Crippen molar-refractivity contribution in [1.29, 1.82) is 0 Å². The number of hydrogen-bond donors (Lipinski definition) is 0. The fourth-order valence-corrected chi connectivity index (χ4v) is 18.1. The summed E-state index contributed by atoms with van der Waals surface area (Å²) in [7, 11) is -3.06. The first-order valence-electron chi connectivity index (χ1n) is 12.6. The minimum atomic E-state index is -1.28. The van der Waals surface area contributed by atoms with Crippen molar-refractivity contribution in [3.8, 4) is 10.6 Å². The second kappa shape index (κ2) is 10.6. The maximum absolute atomic E-state index is 2.63. The van der Waals surface area contributed by atoms with Gasteiger partial charge in [-0.3, -0.25) is 0 Å². The molecule has 0 bridgehead atoms. The van der Waals surface area contributed by atoms with E-state index in [1.807, 2.05) is 0 Å².